The summed E-state index contributed by atoms with van der Waals surface area (Å²) in [5.74, 6) is 0. The molecule has 0 fully saturated rings. The maximum absolute atomic E-state index is 10.2. The molecule has 0 bridgehead atoms. The van der Waals surface area contributed by atoms with Crippen molar-refractivity contribution in [2.45, 2.75) is 31.8 Å². The van der Waals surface area contributed by atoms with Crippen LogP contribution >= 0.6 is 11.3 Å². The van der Waals surface area contributed by atoms with Crippen LogP contribution in [-0.2, 0) is 6.42 Å². The fraction of sp³-hybridized carbons (Fsp3) is 0.438. The van der Waals surface area contributed by atoms with Crippen molar-refractivity contribution in [3.63, 3.8) is 0 Å². The number of benzene rings is 1. The molecule has 1 aromatic heterocycles. The largest absolute Gasteiger partial charge is 0.388 e. The summed E-state index contributed by atoms with van der Waals surface area (Å²) in [5.41, 5.74) is 3.43. The van der Waals surface area contributed by atoms with E-state index in [-0.39, 0.29) is 6.10 Å². The number of aliphatic hydroxyl groups is 1. The molecule has 0 radical (unpaired) electrons. The SMILES string of the molecule is CN(C)c1ccc(-c2nc3c(s2)C(O)CCCC3)cc1. The Morgan fingerprint density at radius 1 is 1.20 bits per heavy atom. The highest BCUT2D eigenvalue weighted by Gasteiger charge is 2.21. The Balaban J connectivity index is 1.93. The molecule has 1 aliphatic carbocycles. The number of hydrogen-bond acceptors (Lipinski definition) is 4. The predicted molar refractivity (Wildman–Crippen MR) is 84.4 cm³/mol. The molecule has 1 aromatic carbocycles. The lowest BCUT2D eigenvalue weighted by molar-refractivity contribution is 0.170. The molecule has 0 spiro atoms. The summed E-state index contributed by atoms with van der Waals surface area (Å²) >= 11 is 1.65. The highest BCUT2D eigenvalue weighted by atomic mass is 32.1. The second-order valence-corrected chi connectivity index (χ2v) is 6.56. The molecule has 0 saturated carbocycles. The summed E-state index contributed by atoms with van der Waals surface area (Å²) in [6, 6.07) is 8.44. The molecule has 1 N–H and O–H groups in total. The summed E-state index contributed by atoms with van der Waals surface area (Å²) in [7, 11) is 4.08. The van der Waals surface area contributed by atoms with Gasteiger partial charge in [0.05, 0.1) is 16.7 Å². The number of aryl methyl sites for hydroxylation is 1. The number of aliphatic hydroxyl groups excluding tert-OH is 1. The maximum Gasteiger partial charge on any atom is 0.123 e. The summed E-state index contributed by atoms with van der Waals surface area (Å²) in [4.78, 5) is 7.92. The first-order chi connectivity index (χ1) is 9.65. The normalized spacial score (nSPS) is 18.4. The van der Waals surface area contributed by atoms with Gasteiger partial charge in [-0.25, -0.2) is 4.98 Å². The molecule has 3 nitrogen and oxygen atoms in total. The standard InChI is InChI=1S/C16H20N2OS/c1-18(2)12-9-7-11(8-10-12)16-17-13-5-3-4-6-14(19)15(13)20-16/h7-10,14,19H,3-6H2,1-2H3. The Labute approximate surface area is 123 Å². The molecule has 1 unspecified atom stereocenters. The van der Waals surface area contributed by atoms with Crippen molar-refractivity contribution in [2.24, 2.45) is 0 Å². The van der Waals surface area contributed by atoms with Gasteiger partial charge in [-0.1, -0.05) is 6.42 Å². The van der Waals surface area contributed by atoms with Crippen LogP contribution in [0, 0.1) is 0 Å². The third-order valence-electron chi connectivity index (χ3n) is 3.80. The van der Waals surface area contributed by atoms with Crippen molar-refractivity contribution in [3.05, 3.63) is 34.8 Å². The minimum atomic E-state index is -0.320. The molecule has 0 saturated heterocycles. The van der Waals surface area contributed by atoms with Gasteiger partial charge in [-0.15, -0.1) is 11.3 Å². The zero-order valence-corrected chi connectivity index (χ0v) is 12.8. The molecular weight excluding hydrogens is 268 g/mol. The molecule has 0 aliphatic heterocycles. The van der Waals surface area contributed by atoms with Gasteiger partial charge >= 0.3 is 0 Å². The highest BCUT2D eigenvalue weighted by Crippen LogP contribution is 2.37. The van der Waals surface area contributed by atoms with E-state index >= 15 is 0 Å². The topological polar surface area (TPSA) is 36.4 Å². The Morgan fingerprint density at radius 3 is 2.65 bits per heavy atom. The lowest BCUT2D eigenvalue weighted by Gasteiger charge is -2.12. The molecule has 2 aromatic rings. The first kappa shape index (κ1) is 13.6. The van der Waals surface area contributed by atoms with Crippen molar-refractivity contribution >= 4 is 17.0 Å². The van der Waals surface area contributed by atoms with Crippen LogP contribution in [0.5, 0.6) is 0 Å². The molecule has 0 amide bonds. The molecule has 1 atom stereocenters. The number of aromatic nitrogens is 1. The monoisotopic (exact) mass is 288 g/mol. The minimum absolute atomic E-state index is 0.320. The Kier molecular flexibility index (Phi) is 3.76. The lowest BCUT2D eigenvalue weighted by Crippen LogP contribution is -2.07. The summed E-state index contributed by atoms with van der Waals surface area (Å²) in [5, 5.41) is 11.2. The number of fused-ring (bicyclic) bond motifs is 1. The van der Waals surface area contributed by atoms with E-state index < -0.39 is 0 Å². The second kappa shape index (κ2) is 5.54. The van der Waals surface area contributed by atoms with Crippen LogP contribution in [0.3, 0.4) is 0 Å². The van der Waals surface area contributed by atoms with Crippen molar-refractivity contribution in [2.75, 3.05) is 19.0 Å². The number of hydrogen-bond donors (Lipinski definition) is 1. The first-order valence-corrected chi connectivity index (χ1v) is 7.92. The summed E-state index contributed by atoms with van der Waals surface area (Å²) in [6.45, 7) is 0. The van der Waals surface area contributed by atoms with Gasteiger partial charge in [0.1, 0.15) is 5.01 Å². The Bertz CT molecular complexity index is 589. The van der Waals surface area contributed by atoms with Crippen molar-refractivity contribution < 1.29 is 5.11 Å². The molecular formula is C16H20N2OS. The van der Waals surface area contributed by atoms with Gasteiger partial charge in [-0.3, -0.25) is 0 Å². The molecule has 20 heavy (non-hydrogen) atoms. The molecule has 106 valence electrons. The highest BCUT2D eigenvalue weighted by molar-refractivity contribution is 7.15. The Morgan fingerprint density at radius 2 is 1.95 bits per heavy atom. The lowest BCUT2D eigenvalue weighted by atomic mass is 10.2. The van der Waals surface area contributed by atoms with E-state index in [0.29, 0.717) is 0 Å². The maximum atomic E-state index is 10.2. The van der Waals surface area contributed by atoms with Crippen LogP contribution in [0.15, 0.2) is 24.3 Å². The average Bonchev–Trinajstić information content (AvgIpc) is 2.80. The quantitative estimate of drug-likeness (QED) is 0.857. The van der Waals surface area contributed by atoms with E-state index in [0.717, 1.165) is 46.8 Å². The van der Waals surface area contributed by atoms with E-state index in [1.807, 2.05) is 14.1 Å². The zero-order valence-electron chi connectivity index (χ0n) is 12.0. The smallest absolute Gasteiger partial charge is 0.123 e. The van der Waals surface area contributed by atoms with E-state index in [1.54, 1.807) is 11.3 Å². The predicted octanol–water partition coefficient (Wildman–Crippen LogP) is 3.64. The summed E-state index contributed by atoms with van der Waals surface area (Å²) in [6.07, 6.45) is 3.77. The molecule has 1 heterocycles. The fourth-order valence-corrected chi connectivity index (χ4v) is 3.73. The molecule has 1 aliphatic rings. The van der Waals surface area contributed by atoms with E-state index in [2.05, 4.69) is 29.2 Å². The van der Waals surface area contributed by atoms with Gasteiger partial charge in [0.15, 0.2) is 0 Å². The van der Waals surface area contributed by atoms with Crippen LogP contribution in [-0.4, -0.2) is 24.2 Å². The molecule has 4 heteroatoms. The van der Waals surface area contributed by atoms with Crippen molar-refractivity contribution in [1.29, 1.82) is 0 Å². The van der Waals surface area contributed by atoms with Gasteiger partial charge < -0.3 is 10.0 Å². The van der Waals surface area contributed by atoms with Gasteiger partial charge in [-0.05, 0) is 43.5 Å². The summed E-state index contributed by atoms with van der Waals surface area (Å²) < 4.78 is 0. The van der Waals surface area contributed by atoms with Gasteiger partial charge in [0.25, 0.3) is 0 Å². The minimum Gasteiger partial charge on any atom is -0.388 e. The third kappa shape index (κ3) is 2.58. The van der Waals surface area contributed by atoms with Crippen molar-refractivity contribution in [3.8, 4) is 10.6 Å². The van der Waals surface area contributed by atoms with Gasteiger partial charge in [-0.2, -0.15) is 0 Å². The molecule has 3 rings (SSSR count). The van der Waals surface area contributed by atoms with Crippen molar-refractivity contribution in [1.82, 2.24) is 4.98 Å². The first-order valence-electron chi connectivity index (χ1n) is 7.10. The third-order valence-corrected chi connectivity index (χ3v) is 5.05. The van der Waals surface area contributed by atoms with E-state index in [1.165, 1.54) is 5.69 Å². The van der Waals surface area contributed by atoms with Crippen LogP contribution < -0.4 is 4.90 Å². The second-order valence-electron chi connectivity index (χ2n) is 5.53. The van der Waals surface area contributed by atoms with Crippen LogP contribution in [0.2, 0.25) is 0 Å². The number of thiazole rings is 1. The number of nitrogens with zero attached hydrogens (tertiary/aromatic N) is 2. The van der Waals surface area contributed by atoms with Crippen LogP contribution in [0.25, 0.3) is 10.6 Å². The van der Waals surface area contributed by atoms with Crippen LogP contribution in [0.4, 0.5) is 5.69 Å². The van der Waals surface area contributed by atoms with Gasteiger partial charge in [0, 0.05) is 25.3 Å². The fourth-order valence-electron chi connectivity index (χ4n) is 2.59. The average molecular weight is 288 g/mol. The van der Waals surface area contributed by atoms with Crippen LogP contribution in [0.1, 0.15) is 35.9 Å². The van der Waals surface area contributed by atoms with Gasteiger partial charge in [0.2, 0.25) is 0 Å². The van der Waals surface area contributed by atoms with E-state index in [4.69, 9.17) is 4.98 Å². The Hall–Kier alpha value is -1.39. The number of rotatable bonds is 2. The number of anilines is 1. The van der Waals surface area contributed by atoms with E-state index in [9.17, 15) is 5.11 Å². The zero-order chi connectivity index (χ0) is 14.1.